The van der Waals surface area contributed by atoms with Gasteiger partial charge in [-0.15, -0.1) is 5.10 Å². The first kappa shape index (κ1) is 26.3. The number of pyridine rings is 1. The Balaban J connectivity index is 1.37. The van der Waals surface area contributed by atoms with Crippen molar-refractivity contribution in [3.05, 3.63) is 125 Å². The van der Waals surface area contributed by atoms with Gasteiger partial charge in [0.05, 0.1) is 24.2 Å². The zero-order valence-corrected chi connectivity index (χ0v) is 22.9. The van der Waals surface area contributed by atoms with Crippen LogP contribution in [-0.2, 0) is 19.4 Å². The van der Waals surface area contributed by atoms with E-state index >= 15 is 0 Å². The standard InChI is InChI=1S/C33H35N5O/c1-4-37(24-27-6-5-20-34-23-27)21-19-32-33(38(36-35-32)30-15-7-25(2)8-16-30)22-26-9-11-28(12-10-26)29-13-17-31(39-3)18-14-29/h5-18,20,23H,4,19,21-22,24H2,1-3H3. The van der Waals surface area contributed by atoms with E-state index in [0.717, 1.165) is 55.3 Å². The molecular weight excluding hydrogens is 482 g/mol. The summed E-state index contributed by atoms with van der Waals surface area (Å²) in [6, 6.07) is 29.5. The molecule has 0 bridgehead atoms. The van der Waals surface area contributed by atoms with Crippen molar-refractivity contribution in [1.82, 2.24) is 24.9 Å². The molecule has 0 atom stereocenters. The molecule has 5 rings (SSSR count). The first-order chi connectivity index (χ1) is 19.1. The second-order valence-corrected chi connectivity index (χ2v) is 9.81. The summed E-state index contributed by atoms with van der Waals surface area (Å²) in [4.78, 5) is 6.70. The number of aryl methyl sites for hydroxylation is 1. The van der Waals surface area contributed by atoms with Crippen LogP contribution < -0.4 is 4.74 Å². The predicted molar refractivity (Wildman–Crippen MR) is 156 cm³/mol. The van der Waals surface area contributed by atoms with E-state index in [0.29, 0.717) is 0 Å². The first-order valence-corrected chi connectivity index (χ1v) is 13.5. The average molecular weight is 518 g/mol. The van der Waals surface area contributed by atoms with Crippen molar-refractivity contribution in [3.63, 3.8) is 0 Å². The maximum Gasteiger partial charge on any atom is 0.118 e. The summed E-state index contributed by atoms with van der Waals surface area (Å²) in [6.45, 7) is 7.04. The minimum absolute atomic E-state index is 0.758. The van der Waals surface area contributed by atoms with E-state index in [9.17, 15) is 0 Å². The van der Waals surface area contributed by atoms with Crippen LogP contribution in [-0.4, -0.2) is 45.1 Å². The number of hydrogen-bond donors (Lipinski definition) is 0. The molecule has 3 aromatic carbocycles. The Hall–Kier alpha value is -4.29. The minimum Gasteiger partial charge on any atom is -0.497 e. The number of rotatable bonds is 11. The fourth-order valence-electron chi connectivity index (χ4n) is 4.75. The van der Waals surface area contributed by atoms with Crippen LogP contribution in [0, 0.1) is 6.92 Å². The summed E-state index contributed by atoms with van der Waals surface area (Å²) in [6.07, 6.45) is 5.35. The highest BCUT2D eigenvalue weighted by atomic mass is 16.5. The van der Waals surface area contributed by atoms with Crippen LogP contribution in [0.3, 0.4) is 0 Å². The van der Waals surface area contributed by atoms with Gasteiger partial charge >= 0.3 is 0 Å². The van der Waals surface area contributed by atoms with Crippen molar-refractivity contribution in [2.75, 3.05) is 20.2 Å². The molecule has 0 amide bonds. The fourth-order valence-corrected chi connectivity index (χ4v) is 4.75. The Kier molecular flexibility index (Phi) is 8.44. The van der Waals surface area contributed by atoms with Gasteiger partial charge in [-0.25, -0.2) is 4.68 Å². The lowest BCUT2D eigenvalue weighted by Gasteiger charge is -2.20. The molecule has 0 radical (unpaired) electrons. The number of ether oxygens (including phenoxy) is 1. The molecule has 39 heavy (non-hydrogen) atoms. The van der Waals surface area contributed by atoms with Crippen LogP contribution in [0.1, 0.15) is 35.0 Å². The molecule has 0 fully saturated rings. The number of nitrogens with zero attached hydrogens (tertiary/aromatic N) is 5. The number of aromatic nitrogens is 4. The number of methoxy groups -OCH3 is 1. The van der Waals surface area contributed by atoms with Crippen LogP contribution in [0.2, 0.25) is 0 Å². The molecule has 198 valence electrons. The van der Waals surface area contributed by atoms with E-state index in [1.807, 2.05) is 35.3 Å². The lowest BCUT2D eigenvalue weighted by Crippen LogP contribution is -2.25. The Morgan fingerprint density at radius 3 is 2.21 bits per heavy atom. The normalized spacial score (nSPS) is 11.2. The van der Waals surface area contributed by atoms with E-state index in [1.54, 1.807) is 7.11 Å². The zero-order chi connectivity index (χ0) is 27.0. The molecule has 0 saturated heterocycles. The highest BCUT2D eigenvalue weighted by Gasteiger charge is 2.16. The molecule has 0 aliphatic carbocycles. The van der Waals surface area contributed by atoms with E-state index < -0.39 is 0 Å². The number of likely N-dealkylation sites (N-methyl/N-ethyl adjacent to an activating group) is 1. The molecule has 0 saturated carbocycles. The summed E-state index contributed by atoms with van der Waals surface area (Å²) < 4.78 is 7.30. The molecule has 0 unspecified atom stereocenters. The summed E-state index contributed by atoms with van der Waals surface area (Å²) in [7, 11) is 1.69. The molecule has 2 aromatic heterocycles. The molecule has 0 aliphatic rings. The van der Waals surface area contributed by atoms with Crippen molar-refractivity contribution in [2.45, 2.75) is 33.2 Å². The maximum atomic E-state index is 5.30. The predicted octanol–water partition coefficient (Wildman–Crippen LogP) is 6.30. The topological polar surface area (TPSA) is 56.1 Å². The SMILES string of the molecule is CCN(CCc1nnn(-c2ccc(C)cc2)c1Cc1ccc(-c2ccc(OC)cc2)cc1)Cc1cccnc1. The zero-order valence-electron chi connectivity index (χ0n) is 22.9. The molecular formula is C33H35N5O. The van der Waals surface area contributed by atoms with Gasteiger partial charge < -0.3 is 4.74 Å². The van der Waals surface area contributed by atoms with Gasteiger partial charge in [-0.2, -0.15) is 0 Å². The van der Waals surface area contributed by atoms with Gasteiger partial charge in [0.2, 0.25) is 0 Å². The second kappa shape index (κ2) is 12.5. The minimum atomic E-state index is 0.758. The lowest BCUT2D eigenvalue weighted by atomic mass is 10.0. The van der Waals surface area contributed by atoms with Crippen molar-refractivity contribution in [1.29, 1.82) is 0 Å². The van der Waals surface area contributed by atoms with Gasteiger partial charge in [-0.1, -0.05) is 72.3 Å². The highest BCUT2D eigenvalue weighted by molar-refractivity contribution is 5.64. The van der Waals surface area contributed by atoms with Gasteiger partial charge in [0, 0.05) is 38.3 Å². The van der Waals surface area contributed by atoms with Gasteiger partial charge in [0.15, 0.2) is 0 Å². The fraction of sp³-hybridized carbons (Fsp3) is 0.242. The number of benzene rings is 3. The molecule has 2 heterocycles. The molecule has 0 spiro atoms. The van der Waals surface area contributed by atoms with Crippen LogP contribution in [0.5, 0.6) is 5.75 Å². The third-order valence-corrected chi connectivity index (χ3v) is 7.11. The number of hydrogen-bond acceptors (Lipinski definition) is 5. The molecule has 0 N–H and O–H groups in total. The van der Waals surface area contributed by atoms with Gasteiger partial charge in [0.1, 0.15) is 5.75 Å². The Morgan fingerprint density at radius 1 is 0.846 bits per heavy atom. The summed E-state index contributed by atoms with van der Waals surface area (Å²) in [5, 5.41) is 9.28. The summed E-state index contributed by atoms with van der Waals surface area (Å²) in [5.74, 6) is 0.863. The van der Waals surface area contributed by atoms with Crippen molar-refractivity contribution in [3.8, 4) is 22.6 Å². The van der Waals surface area contributed by atoms with Crippen LogP contribution in [0.4, 0.5) is 0 Å². The van der Waals surface area contributed by atoms with Crippen LogP contribution in [0.15, 0.2) is 97.3 Å². The molecule has 6 heteroatoms. The Bertz CT molecular complexity index is 1460. The molecule has 0 aliphatic heterocycles. The summed E-state index contributed by atoms with van der Waals surface area (Å²) >= 11 is 0. The average Bonchev–Trinajstić information content (AvgIpc) is 3.38. The maximum absolute atomic E-state index is 5.30. The highest BCUT2D eigenvalue weighted by Crippen LogP contribution is 2.24. The third-order valence-electron chi connectivity index (χ3n) is 7.11. The Morgan fingerprint density at radius 2 is 1.56 bits per heavy atom. The molecule has 5 aromatic rings. The van der Waals surface area contributed by atoms with Crippen molar-refractivity contribution >= 4 is 0 Å². The van der Waals surface area contributed by atoms with Crippen LogP contribution in [0.25, 0.3) is 16.8 Å². The van der Waals surface area contributed by atoms with Crippen molar-refractivity contribution in [2.24, 2.45) is 0 Å². The van der Waals surface area contributed by atoms with Gasteiger partial charge in [0.25, 0.3) is 0 Å². The monoisotopic (exact) mass is 517 g/mol. The van der Waals surface area contributed by atoms with Gasteiger partial charge in [-0.05, 0) is 66.1 Å². The smallest absolute Gasteiger partial charge is 0.118 e. The van der Waals surface area contributed by atoms with Crippen molar-refractivity contribution < 1.29 is 4.74 Å². The van der Waals surface area contributed by atoms with E-state index in [-0.39, 0.29) is 0 Å². The quantitative estimate of drug-likeness (QED) is 0.206. The third kappa shape index (κ3) is 6.59. The first-order valence-electron chi connectivity index (χ1n) is 13.5. The molecule has 6 nitrogen and oxygen atoms in total. The van der Waals surface area contributed by atoms with E-state index in [1.165, 1.54) is 27.8 Å². The lowest BCUT2D eigenvalue weighted by molar-refractivity contribution is 0.282. The summed E-state index contributed by atoms with van der Waals surface area (Å²) in [5.41, 5.74) is 9.23. The largest absolute Gasteiger partial charge is 0.497 e. The second-order valence-electron chi connectivity index (χ2n) is 9.81. The Labute approximate surface area is 230 Å². The van der Waals surface area contributed by atoms with Gasteiger partial charge in [-0.3, -0.25) is 9.88 Å². The van der Waals surface area contributed by atoms with E-state index in [2.05, 4.69) is 101 Å². The van der Waals surface area contributed by atoms with Crippen LogP contribution >= 0.6 is 0 Å². The van der Waals surface area contributed by atoms with E-state index in [4.69, 9.17) is 4.74 Å².